The van der Waals surface area contributed by atoms with E-state index in [0.29, 0.717) is 11.9 Å². The van der Waals surface area contributed by atoms with Crippen molar-refractivity contribution in [2.45, 2.75) is 19.0 Å². The maximum absolute atomic E-state index is 14.0. The van der Waals surface area contributed by atoms with Crippen LogP contribution in [0.15, 0.2) is 18.2 Å². The summed E-state index contributed by atoms with van der Waals surface area (Å²) in [6.07, 6.45) is -4.86. The van der Waals surface area contributed by atoms with E-state index in [1.807, 2.05) is 0 Å². The summed E-state index contributed by atoms with van der Waals surface area (Å²) in [4.78, 5) is 13.3. The summed E-state index contributed by atoms with van der Waals surface area (Å²) in [5, 5.41) is 13.2. The molecule has 0 aliphatic rings. The number of H-pyrrole nitrogens is 1. The first-order valence-electron chi connectivity index (χ1n) is 6.56. The van der Waals surface area contributed by atoms with Crippen LogP contribution in [0.4, 0.5) is 17.6 Å². The molecule has 0 fully saturated rings. The Morgan fingerprint density at radius 2 is 2.09 bits per heavy atom. The summed E-state index contributed by atoms with van der Waals surface area (Å²) in [7, 11) is 1.36. The van der Waals surface area contributed by atoms with Crippen molar-refractivity contribution < 1.29 is 22.4 Å². The van der Waals surface area contributed by atoms with Gasteiger partial charge in [-0.1, -0.05) is 18.2 Å². The van der Waals surface area contributed by atoms with Crippen molar-refractivity contribution >= 4 is 5.91 Å². The summed E-state index contributed by atoms with van der Waals surface area (Å²) in [5.74, 6) is -2.42. The number of nitrogens with zero attached hydrogens (tertiary/aromatic N) is 4. The first kappa shape index (κ1) is 16.8. The van der Waals surface area contributed by atoms with Crippen molar-refractivity contribution in [2.75, 3.05) is 13.6 Å². The maximum atomic E-state index is 14.0. The zero-order chi connectivity index (χ0) is 17.2. The predicted molar refractivity (Wildman–Crippen MR) is 71.0 cm³/mol. The molecule has 1 heterocycles. The second-order valence-corrected chi connectivity index (χ2v) is 5.02. The third-order valence-corrected chi connectivity index (χ3v) is 3.23. The van der Waals surface area contributed by atoms with Gasteiger partial charge in [0.25, 0.3) is 5.91 Å². The fraction of sp³-hybridized carbons (Fsp3) is 0.385. The standard InChI is InChI=1S/C13H13F4N5O/c1-7(11-18-20-21-19-11)6-22(2)12(23)8-4-3-5-9(10(8)14)13(15,16)17/h3-5,7H,6H2,1-2H3,(H,18,19,20,21)/t7-/m1/s1. The molecule has 6 nitrogen and oxygen atoms in total. The van der Waals surface area contributed by atoms with Crippen LogP contribution >= 0.6 is 0 Å². The zero-order valence-electron chi connectivity index (χ0n) is 12.2. The number of likely N-dealkylation sites (N-methyl/N-ethyl adjacent to an activating group) is 1. The minimum atomic E-state index is -4.86. The third-order valence-electron chi connectivity index (χ3n) is 3.23. The number of halogens is 4. The molecule has 1 atom stereocenters. The average Bonchev–Trinajstić information content (AvgIpc) is 2.99. The van der Waals surface area contributed by atoms with Gasteiger partial charge in [-0.3, -0.25) is 4.79 Å². The van der Waals surface area contributed by atoms with Crippen molar-refractivity contribution in [3.8, 4) is 0 Å². The normalized spacial score (nSPS) is 13.0. The minimum absolute atomic E-state index is 0.0913. The Labute approximate surface area is 128 Å². The summed E-state index contributed by atoms with van der Waals surface area (Å²) < 4.78 is 52.1. The van der Waals surface area contributed by atoms with Gasteiger partial charge in [0, 0.05) is 19.5 Å². The molecule has 0 saturated carbocycles. The van der Waals surface area contributed by atoms with Crippen molar-refractivity contribution in [1.82, 2.24) is 25.5 Å². The summed E-state index contributed by atoms with van der Waals surface area (Å²) in [6, 6.07) is 2.60. The van der Waals surface area contributed by atoms with Crippen LogP contribution in [0.2, 0.25) is 0 Å². The molecular weight excluding hydrogens is 318 g/mol. The highest BCUT2D eigenvalue weighted by Crippen LogP contribution is 2.32. The van der Waals surface area contributed by atoms with E-state index in [9.17, 15) is 22.4 Å². The lowest BCUT2D eigenvalue weighted by Gasteiger charge is -2.21. The molecule has 1 N–H and O–H groups in total. The number of aromatic nitrogens is 4. The Balaban J connectivity index is 2.20. The molecular formula is C13H13F4N5O. The molecule has 0 aliphatic heterocycles. The van der Waals surface area contributed by atoms with Gasteiger partial charge < -0.3 is 4.90 Å². The van der Waals surface area contributed by atoms with Crippen molar-refractivity contribution in [3.63, 3.8) is 0 Å². The van der Waals surface area contributed by atoms with Crippen molar-refractivity contribution in [1.29, 1.82) is 0 Å². The number of benzene rings is 1. The molecule has 0 bridgehead atoms. The number of nitrogens with one attached hydrogen (secondary N) is 1. The number of carbonyl (C=O) groups excluding carboxylic acids is 1. The smallest absolute Gasteiger partial charge is 0.341 e. The van der Waals surface area contributed by atoms with E-state index in [0.717, 1.165) is 17.0 Å². The second kappa shape index (κ2) is 6.31. The first-order valence-corrected chi connectivity index (χ1v) is 6.56. The molecule has 2 rings (SSSR count). The largest absolute Gasteiger partial charge is 0.419 e. The van der Waals surface area contributed by atoms with Gasteiger partial charge in [-0.15, -0.1) is 10.2 Å². The lowest BCUT2D eigenvalue weighted by atomic mass is 10.1. The summed E-state index contributed by atoms with van der Waals surface area (Å²) >= 11 is 0. The minimum Gasteiger partial charge on any atom is -0.341 e. The van der Waals surface area contributed by atoms with Crippen LogP contribution < -0.4 is 0 Å². The van der Waals surface area contributed by atoms with Crippen LogP contribution in [-0.4, -0.2) is 45.0 Å². The van der Waals surface area contributed by atoms with Crippen LogP contribution in [0.5, 0.6) is 0 Å². The molecule has 1 aromatic heterocycles. The van der Waals surface area contributed by atoms with Crippen LogP contribution in [0.1, 0.15) is 34.6 Å². The molecule has 0 saturated heterocycles. The van der Waals surface area contributed by atoms with E-state index in [1.54, 1.807) is 6.92 Å². The molecule has 1 amide bonds. The lowest BCUT2D eigenvalue weighted by Crippen LogP contribution is -2.31. The van der Waals surface area contributed by atoms with E-state index in [4.69, 9.17) is 0 Å². The van der Waals surface area contributed by atoms with Crippen molar-refractivity contribution in [2.24, 2.45) is 0 Å². The molecule has 0 spiro atoms. The van der Waals surface area contributed by atoms with Gasteiger partial charge in [-0.05, 0) is 12.1 Å². The van der Waals surface area contributed by atoms with E-state index in [-0.39, 0.29) is 12.5 Å². The Morgan fingerprint density at radius 1 is 1.39 bits per heavy atom. The van der Waals surface area contributed by atoms with Crippen molar-refractivity contribution in [3.05, 3.63) is 41.0 Å². The number of hydrogen-bond acceptors (Lipinski definition) is 4. The Morgan fingerprint density at radius 3 is 2.65 bits per heavy atom. The van der Waals surface area contributed by atoms with E-state index in [1.165, 1.54) is 7.05 Å². The number of hydrogen-bond donors (Lipinski definition) is 1. The maximum Gasteiger partial charge on any atom is 0.419 e. The van der Waals surface area contributed by atoms with Gasteiger partial charge in [-0.2, -0.15) is 18.4 Å². The van der Waals surface area contributed by atoms with E-state index < -0.39 is 29.0 Å². The van der Waals surface area contributed by atoms with Crippen LogP contribution in [0.3, 0.4) is 0 Å². The molecule has 2 aromatic rings. The van der Waals surface area contributed by atoms with E-state index in [2.05, 4.69) is 20.6 Å². The predicted octanol–water partition coefficient (Wildman–Crippen LogP) is 2.23. The Bertz CT molecular complexity index is 686. The monoisotopic (exact) mass is 331 g/mol. The molecule has 23 heavy (non-hydrogen) atoms. The summed E-state index contributed by atoms with van der Waals surface area (Å²) in [5.41, 5.74) is -2.11. The second-order valence-electron chi connectivity index (χ2n) is 5.02. The Hall–Kier alpha value is -2.52. The number of aromatic amines is 1. The SMILES string of the molecule is C[C@H](CN(C)C(=O)c1cccc(C(F)(F)F)c1F)c1nn[nH]n1. The zero-order valence-corrected chi connectivity index (χ0v) is 12.2. The molecule has 0 unspecified atom stereocenters. The molecule has 0 radical (unpaired) electrons. The molecule has 10 heteroatoms. The van der Waals surface area contributed by atoms with Gasteiger partial charge in [0.05, 0.1) is 11.1 Å². The number of tetrazole rings is 1. The number of amides is 1. The van der Waals surface area contributed by atoms with Gasteiger partial charge >= 0.3 is 6.18 Å². The fourth-order valence-electron chi connectivity index (χ4n) is 2.08. The topological polar surface area (TPSA) is 74.8 Å². The van der Waals surface area contributed by atoms with E-state index >= 15 is 0 Å². The highest BCUT2D eigenvalue weighted by atomic mass is 19.4. The number of alkyl halides is 3. The fourth-order valence-corrected chi connectivity index (χ4v) is 2.08. The highest BCUT2D eigenvalue weighted by Gasteiger charge is 2.36. The molecule has 124 valence electrons. The quantitative estimate of drug-likeness (QED) is 0.872. The highest BCUT2D eigenvalue weighted by molar-refractivity contribution is 5.94. The number of rotatable bonds is 4. The first-order chi connectivity index (χ1) is 10.7. The average molecular weight is 331 g/mol. The van der Waals surface area contributed by atoms with Crippen LogP contribution in [0, 0.1) is 5.82 Å². The molecule has 1 aromatic carbocycles. The van der Waals surface area contributed by atoms with Gasteiger partial charge in [0.2, 0.25) is 0 Å². The molecule has 0 aliphatic carbocycles. The lowest BCUT2D eigenvalue weighted by molar-refractivity contribution is -0.140. The van der Waals surface area contributed by atoms with Gasteiger partial charge in [-0.25, -0.2) is 4.39 Å². The van der Waals surface area contributed by atoms with Gasteiger partial charge in [0.15, 0.2) is 5.82 Å². The van der Waals surface area contributed by atoms with Crippen LogP contribution in [0.25, 0.3) is 0 Å². The summed E-state index contributed by atoms with van der Waals surface area (Å²) in [6.45, 7) is 1.80. The van der Waals surface area contributed by atoms with Gasteiger partial charge in [0.1, 0.15) is 5.82 Å². The third kappa shape index (κ3) is 3.63. The van der Waals surface area contributed by atoms with Crippen LogP contribution in [-0.2, 0) is 6.18 Å². The number of carbonyl (C=O) groups is 1. The Kier molecular flexibility index (Phi) is 4.62.